The SMILES string of the molecule is CCc1c(C)c2cc3[nH]c(cc4nc(c(C)c5nc(cc1[nH]2)C(C)=C5)[C@@H](CCC(=O)NCCCO[C@@H]1O[C@H](CO)[C@@H](O)[C@H](O)[C@H]1O)[C@@H]4C)c(C)c3C(C)OCCCO[C@@H]1O[C@H](CO)[C@@H](O)[C@H](O)[C@H]1O. The van der Waals surface area contributed by atoms with E-state index in [1.807, 2.05) is 13.8 Å². The van der Waals surface area contributed by atoms with Crippen LogP contribution in [0.4, 0.5) is 0 Å². The summed E-state index contributed by atoms with van der Waals surface area (Å²) in [5.41, 5.74) is 13.3. The first-order chi connectivity index (χ1) is 33.0. The molecule has 0 aliphatic carbocycles. The summed E-state index contributed by atoms with van der Waals surface area (Å²) in [5, 5.41) is 83.1. The van der Waals surface area contributed by atoms with Gasteiger partial charge in [-0.1, -0.05) is 13.8 Å². The number of carbonyl (C=O) groups excluding carboxylic acids is 1. The first kappa shape index (κ1) is 52.6. The average Bonchev–Trinajstić information content (AvgIpc) is 4.04. The van der Waals surface area contributed by atoms with Crippen LogP contribution in [0.15, 0.2) is 18.2 Å². The van der Waals surface area contributed by atoms with Gasteiger partial charge in [0.1, 0.15) is 48.8 Å². The van der Waals surface area contributed by atoms with Crippen LogP contribution in [0.3, 0.4) is 0 Å². The smallest absolute Gasteiger partial charge is 0.220 e. The van der Waals surface area contributed by atoms with E-state index in [2.05, 4.69) is 74.2 Å². The van der Waals surface area contributed by atoms with E-state index in [1.165, 1.54) is 5.56 Å². The molecule has 19 heteroatoms. The topological polar surface area (TPSA) is 294 Å². The van der Waals surface area contributed by atoms with Gasteiger partial charge in [0.25, 0.3) is 0 Å². The summed E-state index contributed by atoms with van der Waals surface area (Å²) in [4.78, 5) is 31.2. The highest BCUT2D eigenvalue weighted by atomic mass is 16.7. The van der Waals surface area contributed by atoms with Crippen molar-refractivity contribution in [3.8, 4) is 0 Å². The fourth-order valence-electron chi connectivity index (χ4n) is 9.83. The zero-order chi connectivity index (χ0) is 49.8. The molecule has 3 aromatic heterocycles. The van der Waals surface area contributed by atoms with Gasteiger partial charge in [-0.15, -0.1) is 0 Å². The summed E-state index contributed by atoms with van der Waals surface area (Å²) in [6.07, 6.45) is -9.51. The van der Waals surface area contributed by atoms with Gasteiger partial charge < -0.3 is 79.8 Å². The third-order valence-electron chi connectivity index (χ3n) is 14.1. The van der Waals surface area contributed by atoms with E-state index in [-0.39, 0.29) is 50.0 Å². The first-order valence-electron chi connectivity index (χ1n) is 24.1. The molecule has 1 unspecified atom stereocenters. The number of aliphatic hydroxyl groups excluding tert-OH is 8. The number of H-pyrrole nitrogens is 2. The number of aromatic nitrogens is 4. The zero-order valence-electron chi connectivity index (χ0n) is 40.5. The van der Waals surface area contributed by atoms with Crippen molar-refractivity contribution in [2.24, 2.45) is 0 Å². The van der Waals surface area contributed by atoms with Gasteiger partial charge in [0.15, 0.2) is 12.6 Å². The van der Waals surface area contributed by atoms with E-state index in [1.54, 1.807) is 0 Å². The molecule has 13 atom stereocenters. The molecule has 4 aliphatic heterocycles. The second kappa shape index (κ2) is 22.9. The Morgan fingerprint density at radius 1 is 0.754 bits per heavy atom. The molecule has 4 aliphatic rings. The van der Waals surface area contributed by atoms with Crippen molar-refractivity contribution in [1.29, 1.82) is 0 Å². The molecule has 0 radical (unpaired) electrons. The number of aryl methyl sites for hydroxylation is 3. The summed E-state index contributed by atoms with van der Waals surface area (Å²) < 4.78 is 28.6. The fourth-order valence-corrected chi connectivity index (χ4v) is 9.83. The minimum absolute atomic E-state index is 0.0664. The Morgan fingerprint density at radius 3 is 1.99 bits per heavy atom. The van der Waals surface area contributed by atoms with Gasteiger partial charge >= 0.3 is 0 Å². The number of allylic oxidation sites excluding steroid dienone is 1. The van der Waals surface area contributed by atoms with Crippen molar-refractivity contribution in [3.63, 3.8) is 0 Å². The first-order valence-corrected chi connectivity index (χ1v) is 24.1. The molecule has 69 heavy (non-hydrogen) atoms. The maximum Gasteiger partial charge on any atom is 0.220 e. The Morgan fingerprint density at radius 2 is 1.36 bits per heavy atom. The lowest BCUT2D eigenvalue weighted by molar-refractivity contribution is -0.301. The van der Waals surface area contributed by atoms with Crippen molar-refractivity contribution in [2.75, 3.05) is 39.6 Å². The molecule has 11 N–H and O–H groups in total. The predicted molar refractivity (Wildman–Crippen MR) is 255 cm³/mol. The highest BCUT2D eigenvalue weighted by molar-refractivity contribution is 5.85. The van der Waals surface area contributed by atoms with E-state index in [0.717, 1.165) is 79.1 Å². The number of rotatable bonds is 18. The third kappa shape index (κ3) is 11.3. The molecule has 2 saturated heterocycles. The molecule has 7 rings (SSSR count). The quantitative estimate of drug-likeness (QED) is 0.0817. The van der Waals surface area contributed by atoms with Crippen LogP contribution in [0.5, 0.6) is 0 Å². The van der Waals surface area contributed by atoms with E-state index >= 15 is 0 Å². The van der Waals surface area contributed by atoms with Crippen LogP contribution in [0.1, 0.15) is 122 Å². The molecule has 3 aromatic rings. The van der Waals surface area contributed by atoms with E-state index in [9.17, 15) is 45.6 Å². The van der Waals surface area contributed by atoms with Crippen LogP contribution >= 0.6 is 0 Å². The van der Waals surface area contributed by atoms with Crippen LogP contribution in [-0.2, 0) is 34.9 Å². The van der Waals surface area contributed by atoms with Gasteiger partial charge in [0, 0.05) is 70.4 Å². The number of nitrogens with one attached hydrogen (secondary N) is 3. The molecule has 0 aromatic carbocycles. The predicted octanol–water partition coefficient (Wildman–Crippen LogP) is 2.64. The monoisotopic (exact) mass is 965 g/mol. The lowest BCUT2D eigenvalue weighted by Crippen LogP contribution is -2.59. The highest BCUT2D eigenvalue weighted by Crippen LogP contribution is 2.42. The van der Waals surface area contributed by atoms with Gasteiger partial charge in [-0.25, -0.2) is 4.98 Å². The number of amides is 1. The number of aliphatic hydroxyl groups is 8. The van der Waals surface area contributed by atoms with Gasteiger partial charge in [-0.2, -0.15) is 0 Å². The Kier molecular flexibility index (Phi) is 17.5. The minimum Gasteiger partial charge on any atom is -0.394 e. The normalized spacial score (nSPS) is 28.7. The van der Waals surface area contributed by atoms with Gasteiger partial charge in [0.2, 0.25) is 5.91 Å². The van der Waals surface area contributed by atoms with Crippen LogP contribution in [-0.4, -0.2) is 168 Å². The molecule has 8 bridgehead atoms. The average molecular weight is 966 g/mol. The maximum atomic E-state index is 13.3. The molecular weight excluding hydrogens is 895 g/mol. The molecule has 0 saturated carbocycles. The van der Waals surface area contributed by atoms with E-state index in [0.29, 0.717) is 25.9 Å². The van der Waals surface area contributed by atoms with E-state index in [4.69, 9.17) is 33.7 Å². The summed E-state index contributed by atoms with van der Waals surface area (Å²) in [7, 11) is 0. The largest absolute Gasteiger partial charge is 0.394 e. The van der Waals surface area contributed by atoms with Gasteiger partial charge in [0.05, 0.1) is 43.9 Å². The Hall–Kier alpha value is -4.19. The molecular formula is C50H71N5O14. The highest BCUT2D eigenvalue weighted by Gasteiger charge is 2.45. The van der Waals surface area contributed by atoms with Gasteiger partial charge in [-0.3, -0.25) is 9.78 Å². The van der Waals surface area contributed by atoms with Crippen molar-refractivity contribution in [3.05, 3.63) is 68.8 Å². The lowest BCUT2D eigenvalue weighted by Gasteiger charge is -2.39. The molecule has 19 nitrogen and oxygen atoms in total. The third-order valence-corrected chi connectivity index (χ3v) is 14.1. The fraction of sp³-hybridized carbons (Fsp3) is 0.620. The van der Waals surface area contributed by atoms with Crippen LogP contribution < -0.4 is 5.32 Å². The summed E-state index contributed by atoms with van der Waals surface area (Å²) in [5.74, 6) is -0.318. The van der Waals surface area contributed by atoms with Crippen LogP contribution in [0.2, 0.25) is 0 Å². The van der Waals surface area contributed by atoms with E-state index < -0.39 is 74.6 Å². The molecule has 7 heterocycles. The number of nitrogens with zero attached hydrogens (tertiary/aromatic N) is 2. The number of hydrogen-bond acceptors (Lipinski definition) is 16. The Labute approximate surface area is 401 Å². The molecule has 2 fully saturated rings. The van der Waals surface area contributed by atoms with Crippen LogP contribution in [0, 0.1) is 20.8 Å². The second-order valence-corrected chi connectivity index (χ2v) is 18.7. The van der Waals surface area contributed by atoms with Crippen molar-refractivity contribution in [2.45, 2.75) is 160 Å². The number of ether oxygens (including phenoxy) is 5. The summed E-state index contributed by atoms with van der Waals surface area (Å²) in [6, 6.07) is 6.31. The lowest BCUT2D eigenvalue weighted by atomic mass is 9.85. The molecule has 380 valence electrons. The number of hydrogen-bond donors (Lipinski definition) is 11. The standard InChI is InChI=1S/C50H71N5O14/c1-8-29-24(3)33-20-37-41(28(7)65-15-10-16-67-50-48(64)46(62)44(60)39(22-57)69-50)26(5)35(54-37)19-34-25(4)30(42(55-34)27(6)32-17-23(2)31(52-32)18-36(29)53-33)11-12-40(58)51-13-9-14-66-49-47(63)45(61)43(59)38(21-56)68-49/h17-20,25,28,30,38-39,43-50,53-54,56-57,59-64H,8-16,21-22H2,1-7H3,(H,51,58)/t25-,28?,30-,38+,39+,43+,44+,45-,46-,47+,48+,49+,50+/m0/s1. The maximum absolute atomic E-state index is 13.3. The number of aromatic amines is 2. The number of fused-ring (bicyclic) bond motifs is 8. The van der Waals surface area contributed by atoms with Gasteiger partial charge in [-0.05, 0) is 112 Å². The Bertz CT molecular complexity index is 2470. The molecule has 1 amide bonds. The second-order valence-electron chi connectivity index (χ2n) is 18.7. The zero-order valence-corrected chi connectivity index (χ0v) is 40.5. The molecule has 0 spiro atoms. The van der Waals surface area contributed by atoms with Crippen molar-refractivity contribution < 1.29 is 69.3 Å². The Balaban J connectivity index is 1.12. The summed E-state index contributed by atoms with van der Waals surface area (Å²) in [6.45, 7) is 14.2. The van der Waals surface area contributed by atoms with Crippen molar-refractivity contribution >= 4 is 39.6 Å². The van der Waals surface area contributed by atoms with Crippen molar-refractivity contribution in [1.82, 2.24) is 25.3 Å². The minimum atomic E-state index is -1.54. The van der Waals surface area contributed by atoms with Crippen LogP contribution in [0.25, 0.3) is 33.7 Å². The summed E-state index contributed by atoms with van der Waals surface area (Å²) >= 11 is 0. The number of carbonyl (C=O) groups is 1.